The fourth-order valence-corrected chi connectivity index (χ4v) is 17.1. The number of hydrogen-bond acceptors (Lipinski definition) is 23. The van der Waals surface area contributed by atoms with E-state index in [1.807, 2.05) is 13.8 Å². The molecule has 0 radical (unpaired) electrons. The molecule has 3 fully saturated rings. The summed E-state index contributed by atoms with van der Waals surface area (Å²) < 4.78 is 0. The highest BCUT2D eigenvalue weighted by molar-refractivity contribution is 8.00. The number of rotatable bonds is 23. The Morgan fingerprint density at radius 2 is 1.14 bits per heavy atom. The average Bonchev–Trinajstić information content (AvgIpc) is 1.40. The molecule has 0 unspecified atom stereocenters. The number of aryl methyl sites for hydroxylation is 1. The Morgan fingerprint density at radius 3 is 1.78 bits per heavy atom. The number of aliphatic hydroxyl groups is 2. The third-order valence-electron chi connectivity index (χ3n) is 23.8. The molecule has 6 aromatic rings. The number of unbranched alkanes of at least 4 members (excludes halogenated alkanes) is 2. The van der Waals surface area contributed by atoms with Gasteiger partial charge < -0.3 is 125 Å². The van der Waals surface area contributed by atoms with E-state index in [4.69, 9.17) is 17.2 Å². The molecule has 18 amide bonds. The summed E-state index contributed by atoms with van der Waals surface area (Å²) in [6.45, 7) is 5.42. The van der Waals surface area contributed by atoms with E-state index in [9.17, 15) is 68.1 Å². The second-order valence-corrected chi connectivity index (χ2v) is 34.5. The topological polar surface area (TPSA) is 643 Å². The number of benzene rings is 3. The van der Waals surface area contributed by atoms with Gasteiger partial charge in [-0.2, -0.15) is 0 Å². The number of aromatic amines is 3. The lowest BCUT2D eigenvalue weighted by atomic mass is 9.99. The van der Waals surface area contributed by atoms with E-state index < -0.39 is 254 Å². The van der Waals surface area contributed by atoms with Crippen molar-refractivity contribution in [3.05, 3.63) is 120 Å². The van der Waals surface area contributed by atoms with E-state index in [-0.39, 0.29) is 69.4 Å². The van der Waals surface area contributed by atoms with Crippen LogP contribution in [0.15, 0.2) is 91.5 Å². The van der Waals surface area contributed by atoms with Gasteiger partial charge in [0.1, 0.15) is 90.3 Å². The first-order valence-electron chi connectivity index (χ1n) is 43.8. The van der Waals surface area contributed by atoms with Crippen LogP contribution in [0.2, 0.25) is 0 Å². The number of hydrogen-bond donors (Lipinski definition) is 19. The number of H-pyrrole nitrogens is 3. The van der Waals surface area contributed by atoms with Gasteiger partial charge in [0.15, 0.2) is 0 Å². The first-order chi connectivity index (χ1) is 62.8. The molecule has 9 rings (SSSR count). The molecule has 3 aliphatic heterocycles. The molecule has 3 aliphatic rings. The smallest absolute Gasteiger partial charge is 0.246 e. The SMILES string of the molecule is CCCC[C@H]1C(=O)N(C)[C@@H](CCCC)C(=O)N[C@@H](C)C(=O)N[C@H](C(=O)NCC(N)=O)CSCC(=O)N[C@@H](Cc2ccc(O)cc2)C(=O)N(C)[C@@H](C)C(=O)N[C@@H](CC(N)=O)C(=O)N2CCC[C@H]2C(=O)N[C@@H](Cc2cnc[nH]2)C(=O)N[C@@H](CCC(N)=O)C(=O)N2C[C@H](O)C[C@H]2C(=O)N[C@@H](Cc2c[nH]c3ccccc23)C(=O)N[C@@H](CO)C(=O)N[C@@H](Cc2c(C)[nH]c3ccccc23)C(=O)N1C. The number of likely N-dealkylation sites (N-methyl/N-ethyl adjacent to an activating group) is 3. The molecule has 22 N–H and O–H groups in total. The second-order valence-electron chi connectivity index (χ2n) is 33.5. The molecule has 44 heteroatoms. The van der Waals surface area contributed by atoms with Crippen LogP contribution in [0.1, 0.15) is 133 Å². The van der Waals surface area contributed by atoms with Gasteiger partial charge >= 0.3 is 0 Å². The molecule has 3 saturated heterocycles. The van der Waals surface area contributed by atoms with Crippen molar-refractivity contribution in [2.75, 3.05) is 58.9 Å². The number of phenols is 1. The Bertz CT molecular complexity index is 5180. The van der Waals surface area contributed by atoms with Crippen LogP contribution < -0.4 is 70.4 Å². The lowest BCUT2D eigenvalue weighted by molar-refractivity contribution is -0.149. The minimum Gasteiger partial charge on any atom is -0.508 e. The highest BCUT2D eigenvalue weighted by Gasteiger charge is 2.47. The number of primary amides is 3. The first kappa shape index (κ1) is 102. The highest BCUT2D eigenvalue weighted by Crippen LogP contribution is 2.29. The summed E-state index contributed by atoms with van der Waals surface area (Å²) >= 11 is 0.771. The lowest BCUT2D eigenvalue weighted by Crippen LogP contribution is -2.61. The van der Waals surface area contributed by atoms with E-state index in [0.717, 1.165) is 36.3 Å². The lowest BCUT2D eigenvalue weighted by Gasteiger charge is -2.36. The largest absolute Gasteiger partial charge is 0.508 e. The zero-order valence-corrected chi connectivity index (χ0v) is 75.7. The fraction of sp³-hybridized carbons (Fsp3) is 0.511. The highest BCUT2D eigenvalue weighted by atomic mass is 32.2. The number of thioether (sulfide) groups is 1. The van der Waals surface area contributed by atoms with Gasteiger partial charge in [0.2, 0.25) is 106 Å². The Morgan fingerprint density at radius 1 is 0.553 bits per heavy atom. The van der Waals surface area contributed by atoms with Crippen molar-refractivity contribution in [1.82, 2.24) is 97.6 Å². The quantitative estimate of drug-likeness (QED) is 0.0294. The molecule has 0 spiro atoms. The monoisotopic (exact) mass is 1850 g/mol. The van der Waals surface area contributed by atoms with Crippen LogP contribution in [0.3, 0.4) is 0 Å². The molecule has 714 valence electrons. The van der Waals surface area contributed by atoms with Crippen LogP contribution in [0.5, 0.6) is 5.75 Å². The molecule has 0 bridgehead atoms. The normalized spacial score (nSPS) is 25.0. The Kier molecular flexibility index (Phi) is 37.1. The maximum absolute atomic E-state index is 15.7. The summed E-state index contributed by atoms with van der Waals surface area (Å²) in [4.78, 5) is 279. The number of aliphatic hydroxyl groups excluding tert-OH is 2. The minimum absolute atomic E-state index is 0.00174. The Hall–Kier alpha value is -13.5. The standard InChI is InChI=1S/C88H120N22O21S/c1-9-11-22-67-81(124)97-47(4)75(118)105-66(77(120)94-40-73(91)116)43-132-44-74(117)98-62(32-49-25-27-52(112)28-26-49)84(127)106(6)48(5)76(119)102-64(37-72(90)115)87(130)109-31-17-24-68(109)82(125)101-61(34-51-39-92-45-95-51)79(122)99-59(29-30-71(89)114)86(129)110-41-53(113)35-70(110)83(126)100-60(33-50-38-93-57-20-15-13-18-54(50)57)78(121)104-65(42-111)80(123)103-63(36-56-46(3)96-58-21-16-14-19-55(56)58)85(128)108(8)69(23-12-10-2)88(131)107(67)7/h13-16,18-21,25-28,38-39,45,47-48,53,59-70,93,96,111-113H,9-12,17,22-24,29-37,40-44H2,1-8H3,(H2,89,114)(H2,90,115)(H2,91,116)(H,92,95)(H,94,120)(H,97,124)(H,98,117)(H,99,122)(H,100,126)(H,101,125)(H,102,119)(H,103,123)(H,104,121)(H,105,118)/t47-,48-,53+,59-,60-,61-,62-,63-,64-,65-,66-,67-,68-,69-,70-/m0/s1. The van der Waals surface area contributed by atoms with Gasteiger partial charge in [-0.3, -0.25) is 86.3 Å². The number of imidazole rings is 1. The number of amides is 18. The van der Waals surface area contributed by atoms with Gasteiger partial charge in [0, 0.05) is 124 Å². The number of carbonyl (C=O) groups is 18. The average molecular weight is 1850 g/mol. The summed E-state index contributed by atoms with van der Waals surface area (Å²) in [6, 6.07) is -2.76. The molecular weight excluding hydrogens is 1730 g/mol. The van der Waals surface area contributed by atoms with Crippen LogP contribution in [-0.2, 0) is 112 Å². The molecule has 0 aliphatic carbocycles. The number of para-hydroxylation sites is 2. The molecule has 3 aromatic carbocycles. The van der Waals surface area contributed by atoms with E-state index in [2.05, 4.69) is 73.1 Å². The van der Waals surface area contributed by atoms with Crippen molar-refractivity contribution in [3.63, 3.8) is 0 Å². The number of fused-ring (bicyclic) bond motifs is 4. The predicted molar refractivity (Wildman–Crippen MR) is 480 cm³/mol. The third kappa shape index (κ3) is 27.3. The van der Waals surface area contributed by atoms with Crippen molar-refractivity contribution >= 4 is 140 Å². The van der Waals surface area contributed by atoms with E-state index in [1.54, 1.807) is 61.7 Å². The zero-order chi connectivity index (χ0) is 96.5. The van der Waals surface area contributed by atoms with Crippen molar-refractivity contribution in [3.8, 4) is 5.75 Å². The van der Waals surface area contributed by atoms with Crippen LogP contribution in [0.4, 0.5) is 0 Å². The van der Waals surface area contributed by atoms with Gasteiger partial charge in [-0.15, -0.1) is 11.8 Å². The van der Waals surface area contributed by atoms with Crippen LogP contribution in [0, 0.1) is 6.92 Å². The van der Waals surface area contributed by atoms with E-state index >= 15 is 33.6 Å². The Labute approximate surface area is 765 Å². The number of nitrogens with one attached hydrogen (secondary N) is 13. The van der Waals surface area contributed by atoms with Crippen LogP contribution in [-0.4, -0.2) is 316 Å². The molecule has 132 heavy (non-hydrogen) atoms. The van der Waals surface area contributed by atoms with E-state index in [0.29, 0.717) is 69.9 Å². The number of nitrogens with zero attached hydrogens (tertiary/aromatic N) is 6. The van der Waals surface area contributed by atoms with Crippen molar-refractivity contribution in [1.29, 1.82) is 0 Å². The zero-order valence-electron chi connectivity index (χ0n) is 74.9. The minimum atomic E-state index is -1.91. The summed E-state index contributed by atoms with van der Waals surface area (Å²) in [5.74, 6) is -18.6. The molecule has 6 heterocycles. The Balaban J connectivity index is 1.09. The summed E-state index contributed by atoms with van der Waals surface area (Å²) in [6.07, 6.45) is 0.828. The molecule has 15 atom stereocenters. The summed E-state index contributed by atoms with van der Waals surface area (Å²) in [5, 5.41) is 59.9. The van der Waals surface area contributed by atoms with Gasteiger partial charge in [-0.1, -0.05) is 88.1 Å². The molecule has 0 saturated carbocycles. The van der Waals surface area contributed by atoms with Crippen LogP contribution in [0.25, 0.3) is 21.8 Å². The number of aromatic nitrogens is 4. The molecule has 3 aromatic heterocycles. The first-order valence-corrected chi connectivity index (χ1v) is 45.0. The van der Waals surface area contributed by atoms with E-state index in [1.165, 1.54) is 71.8 Å². The summed E-state index contributed by atoms with van der Waals surface area (Å²) in [7, 11) is 3.89. The number of phenolic OH excluding ortho intramolecular Hbond substituents is 1. The van der Waals surface area contributed by atoms with Crippen molar-refractivity contribution < 1.29 is 102 Å². The van der Waals surface area contributed by atoms with Crippen LogP contribution >= 0.6 is 11.8 Å². The second kappa shape index (κ2) is 47.9. The fourth-order valence-electron chi connectivity index (χ4n) is 16.3. The van der Waals surface area contributed by atoms with Gasteiger partial charge in [-0.05, 0) is 93.8 Å². The number of aromatic hydroxyl groups is 1. The van der Waals surface area contributed by atoms with Gasteiger partial charge in [-0.25, -0.2) is 4.98 Å². The van der Waals surface area contributed by atoms with Crippen molar-refractivity contribution in [2.24, 2.45) is 17.2 Å². The third-order valence-corrected chi connectivity index (χ3v) is 24.8. The van der Waals surface area contributed by atoms with Gasteiger partial charge in [0.05, 0.1) is 37.8 Å². The van der Waals surface area contributed by atoms with Crippen molar-refractivity contribution in [2.45, 2.75) is 228 Å². The molecular formula is C88H120N22O21S. The maximum atomic E-state index is 15.7. The number of carbonyl (C=O) groups excluding carboxylic acids is 18. The maximum Gasteiger partial charge on any atom is 0.246 e. The summed E-state index contributed by atoms with van der Waals surface area (Å²) in [5.41, 5.74) is 20.2. The molecule has 43 nitrogen and oxygen atoms in total. The number of nitrogens with two attached hydrogens (primary N) is 3. The van der Waals surface area contributed by atoms with Gasteiger partial charge in [0.25, 0.3) is 0 Å². The predicted octanol–water partition coefficient (Wildman–Crippen LogP) is -3.64.